The monoisotopic (exact) mass is 287 g/mol. The van der Waals surface area contributed by atoms with Gasteiger partial charge in [0.2, 0.25) is 0 Å². The van der Waals surface area contributed by atoms with Crippen molar-refractivity contribution in [1.29, 1.82) is 0 Å². The van der Waals surface area contributed by atoms with Crippen LogP contribution in [-0.4, -0.2) is 15.2 Å². The number of rotatable bonds is 3. The van der Waals surface area contributed by atoms with Gasteiger partial charge in [0.15, 0.2) is 0 Å². The Balaban J connectivity index is 1.85. The predicted octanol–water partition coefficient (Wildman–Crippen LogP) is 3.52. The molecule has 2 heterocycles. The van der Waals surface area contributed by atoms with Gasteiger partial charge in [-0.25, -0.2) is 0 Å². The lowest BCUT2D eigenvalue weighted by atomic mass is 10.0. The van der Waals surface area contributed by atoms with Gasteiger partial charge in [0.05, 0.1) is 11.0 Å². The Morgan fingerprint density at radius 3 is 2.64 bits per heavy atom. The molecule has 0 bridgehead atoms. The van der Waals surface area contributed by atoms with E-state index in [9.17, 15) is 0 Å². The molecule has 4 aromatic rings. The summed E-state index contributed by atoms with van der Waals surface area (Å²) >= 11 is 0. The van der Waals surface area contributed by atoms with Crippen LogP contribution in [0.1, 0.15) is 11.3 Å². The number of nitrogens with one attached hydrogen (secondary N) is 2. The average Bonchev–Trinajstić information content (AvgIpc) is 2.93. The van der Waals surface area contributed by atoms with Crippen molar-refractivity contribution in [3.05, 3.63) is 71.3 Å². The van der Waals surface area contributed by atoms with Gasteiger partial charge in [-0.1, -0.05) is 49.0 Å². The molecule has 0 aliphatic rings. The first-order valence-electron chi connectivity index (χ1n) is 7.49. The van der Waals surface area contributed by atoms with Crippen molar-refractivity contribution in [3.63, 3.8) is 0 Å². The molecule has 0 saturated carbocycles. The Morgan fingerprint density at radius 1 is 0.909 bits per heavy atom. The highest BCUT2D eigenvalue weighted by Gasteiger charge is 2.09. The molecular weight excluding hydrogens is 270 g/mol. The number of hydrogen-bond acceptors (Lipinski definition) is 1. The number of aryl methyl sites for hydroxylation is 2. The summed E-state index contributed by atoms with van der Waals surface area (Å²) in [4.78, 5) is 3.35. The minimum atomic E-state index is 0.848. The topological polar surface area (TPSA) is 44.5 Å². The van der Waals surface area contributed by atoms with Gasteiger partial charge in [-0.05, 0) is 24.5 Å². The van der Waals surface area contributed by atoms with Crippen LogP contribution in [0.5, 0.6) is 0 Å². The van der Waals surface area contributed by atoms with Crippen molar-refractivity contribution in [2.75, 3.05) is 0 Å². The summed E-state index contributed by atoms with van der Waals surface area (Å²) in [5, 5.41) is 12.0. The molecule has 0 atom stereocenters. The molecule has 0 aliphatic carbocycles. The summed E-state index contributed by atoms with van der Waals surface area (Å²) in [5.41, 5.74) is 3.53. The Morgan fingerprint density at radius 2 is 1.77 bits per heavy atom. The van der Waals surface area contributed by atoms with E-state index in [0.717, 1.165) is 34.8 Å². The molecule has 0 radical (unpaired) electrons. The fourth-order valence-electron chi connectivity index (χ4n) is 3.02. The van der Waals surface area contributed by atoms with Crippen molar-refractivity contribution in [3.8, 4) is 0 Å². The van der Waals surface area contributed by atoms with Crippen LogP contribution in [-0.2, 0) is 12.8 Å². The summed E-state index contributed by atoms with van der Waals surface area (Å²) in [5.74, 6) is 0. The lowest BCUT2D eigenvalue weighted by Crippen LogP contribution is -2.03. The maximum Gasteiger partial charge on any atom is 0.0704 e. The van der Waals surface area contributed by atoms with Crippen molar-refractivity contribution in [2.24, 2.45) is 0 Å². The fourth-order valence-corrected chi connectivity index (χ4v) is 3.02. The Labute approximate surface area is 128 Å². The minimum absolute atomic E-state index is 0.848. The molecule has 2 aromatic heterocycles. The molecule has 0 saturated heterocycles. The van der Waals surface area contributed by atoms with E-state index in [-0.39, 0.29) is 0 Å². The van der Waals surface area contributed by atoms with Gasteiger partial charge in [-0.15, -0.1) is 0 Å². The molecule has 108 valence electrons. The summed E-state index contributed by atoms with van der Waals surface area (Å²) < 4.78 is 0. The van der Waals surface area contributed by atoms with E-state index in [1.54, 1.807) is 0 Å². The summed E-state index contributed by atoms with van der Waals surface area (Å²) in [6, 6.07) is 16.7. The molecule has 2 N–H and O–H groups in total. The van der Waals surface area contributed by atoms with E-state index in [2.05, 4.69) is 64.4 Å². The first-order chi connectivity index (χ1) is 10.8. The maximum absolute atomic E-state index is 4.58. The lowest BCUT2D eigenvalue weighted by molar-refractivity contribution is 0.874. The van der Waals surface area contributed by atoms with Crippen molar-refractivity contribution in [1.82, 2.24) is 15.2 Å². The second kappa shape index (κ2) is 5.19. The van der Waals surface area contributed by atoms with Crippen LogP contribution in [0.25, 0.3) is 28.3 Å². The third kappa shape index (κ3) is 2.11. The third-order valence-corrected chi connectivity index (χ3v) is 4.16. The van der Waals surface area contributed by atoms with Crippen molar-refractivity contribution >= 4 is 28.3 Å². The number of H-pyrrole nitrogens is 2. The van der Waals surface area contributed by atoms with Gasteiger partial charge >= 0.3 is 0 Å². The van der Waals surface area contributed by atoms with E-state index in [1.807, 2.05) is 12.1 Å². The first kappa shape index (κ1) is 12.9. The number of aromatic nitrogens is 3. The van der Waals surface area contributed by atoms with Gasteiger partial charge in [0.25, 0.3) is 0 Å². The fraction of sp³-hybridized carbons (Fsp3) is 0.105. The Bertz CT molecular complexity index is 993. The van der Waals surface area contributed by atoms with Crippen molar-refractivity contribution < 1.29 is 0 Å². The quantitative estimate of drug-likeness (QED) is 0.595. The van der Waals surface area contributed by atoms with E-state index in [1.165, 1.54) is 16.3 Å². The molecule has 22 heavy (non-hydrogen) atoms. The molecule has 0 spiro atoms. The van der Waals surface area contributed by atoms with Crippen LogP contribution in [0.4, 0.5) is 0 Å². The van der Waals surface area contributed by atoms with Crippen LogP contribution in [0.15, 0.2) is 54.7 Å². The number of nitrogens with zero attached hydrogens (tertiary/aromatic N) is 1. The average molecular weight is 287 g/mol. The first-order valence-corrected chi connectivity index (χ1v) is 7.49. The molecule has 3 nitrogen and oxygen atoms in total. The SMILES string of the molecule is C=c1[nH]nc(CCc2ccccc2)c2c[nH]c3cccc1c32. The molecule has 0 amide bonds. The number of aromatic amines is 2. The summed E-state index contributed by atoms with van der Waals surface area (Å²) in [7, 11) is 0. The molecule has 4 rings (SSSR count). The Hall–Kier alpha value is -2.81. The highest BCUT2D eigenvalue weighted by molar-refractivity contribution is 6.09. The van der Waals surface area contributed by atoms with Crippen LogP contribution in [0, 0.1) is 0 Å². The van der Waals surface area contributed by atoms with Gasteiger partial charge in [0.1, 0.15) is 0 Å². The summed E-state index contributed by atoms with van der Waals surface area (Å²) in [6.07, 6.45) is 3.92. The van der Waals surface area contributed by atoms with Gasteiger partial charge in [-0.3, -0.25) is 5.10 Å². The molecule has 3 heteroatoms. The van der Waals surface area contributed by atoms with Gasteiger partial charge < -0.3 is 4.98 Å². The minimum Gasteiger partial charge on any atom is -0.360 e. The van der Waals surface area contributed by atoms with E-state index in [0.29, 0.717) is 0 Å². The lowest BCUT2D eigenvalue weighted by Gasteiger charge is -2.00. The molecule has 0 unspecified atom stereocenters. The molecule has 2 aromatic carbocycles. The number of hydrogen-bond donors (Lipinski definition) is 2. The van der Waals surface area contributed by atoms with Gasteiger partial charge in [0, 0.05) is 27.9 Å². The van der Waals surface area contributed by atoms with Crippen LogP contribution >= 0.6 is 0 Å². The third-order valence-electron chi connectivity index (χ3n) is 4.16. The zero-order chi connectivity index (χ0) is 14.9. The van der Waals surface area contributed by atoms with Crippen molar-refractivity contribution in [2.45, 2.75) is 12.8 Å². The van der Waals surface area contributed by atoms with E-state index >= 15 is 0 Å². The molecule has 0 aliphatic heterocycles. The smallest absolute Gasteiger partial charge is 0.0704 e. The molecular formula is C19H17N3. The largest absolute Gasteiger partial charge is 0.360 e. The van der Waals surface area contributed by atoms with E-state index in [4.69, 9.17) is 0 Å². The second-order valence-electron chi connectivity index (χ2n) is 5.56. The van der Waals surface area contributed by atoms with Crippen LogP contribution < -0.4 is 5.35 Å². The zero-order valence-corrected chi connectivity index (χ0v) is 12.3. The predicted molar refractivity (Wildman–Crippen MR) is 91.4 cm³/mol. The Kier molecular flexibility index (Phi) is 3.04. The van der Waals surface area contributed by atoms with Crippen LogP contribution in [0.2, 0.25) is 0 Å². The van der Waals surface area contributed by atoms with Gasteiger partial charge in [-0.2, -0.15) is 5.10 Å². The zero-order valence-electron chi connectivity index (χ0n) is 12.3. The maximum atomic E-state index is 4.58. The normalized spacial score (nSPS) is 11.3. The standard InChI is InChI=1S/C19H17N3/c1-13-15-8-5-9-18-19(15)16(12-20-18)17(22-21-13)11-10-14-6-3-2-4-7-14/h2-9,12,20-21H,1,10-11H2. The second-order valence-corrected chi connectivity index (χ2v) is 5.56. The highest BCUT2D eigenvalue weighted by atomic mass is 15.1. The van der Waals surface area contributed by atoms with E-state index < -0.39 is 0 Å². The van der Waals surface area contributed by atoms with Crippen LogP contribution in [0.3, 0.4) is 0 Å². The summed E-state index contributed by atoms with van der Waals surface area (Å²) in [6.45, 7) is 4.10. The number of benzene rings is 2. The highest BCUT2D eigenvalue weighted by Crippen LogP contribution is 2.25. The molecule has 0 fully saturated rings.